The van der Waals surface area contributed by atoms with Crippen molar-refractivity contribution in [3.05, 3.63) is 53.2 Å². The predicted molar refractivity (Wildman–Crippen MR) is 94.3 cm³/mol. The summed E-state index contributed by atoms with van der Waals surface area (Å²) in [6.45, 7) is 2.03. The molecule has 0 saturated heterocycles. The third kappa shape index (κ3) is 5.36. The van der Waals surface area contributed by atoms with Crippen molar-refractivity contribution in [1.82, 2.24) is 9.78 Å². The van der Waals surface area contributed by atoms with E-state index < -0.39 is 5.97 Å². The van der Waals surface area contributed by atoms with Crippen LogP contribution >= 0.6 is 11.6 Å². The summed E-state index contributed by atoms with van der Waals surface area (Å²) in [5.41, 5.74) is 1.67. The fourth-order valence-electron chi connectivity index (χ4n) is 1.91. The molecule has 0 aliphatic heterocycles. The molecule has 0 saturated carbocycles. The van der Waals surface area contributed by atoms with Gasteiger partial charge >= 0.3 is 5.97 Å². The van der Waals surface area contributed by atoms with Gasteiger partial charge in [0.2, 0.25) is 5.88 Å². The average Bonchev–Trinajstić information content (AvgIpc) is 3.08. The third-order valence-electron chi connectivity index (χ3n) is 3.07. The van der Waals surface area contributed by atoms with Gasteiger partial charge in [-0.1, -0.05) is 16.8 Å². The Morgan fingerprint density at radius 2 is 2.00 bits per heavy atom. The Kier molecular flexibility index (Phi) is 6.59. The minimum Gasteiger partial charge on any atom is -0.472 e. The molecule has 0 radical (unpaired) electrons. The molecule has 0 spiro atoms. The normalized spacial score (nSPS) is 12.0. The van der Waals surface area contributed by atoms with E-state index in [2.05, 4.69) is 19.8 Å². The van der Waals surface area contributed by atoms with E-state index in [1.165, 1.54) is 20.3 Å². The fourth-order valence-corrected chi connectivity index (χ4v) is 2.04. The van der Waals surface area contributed by atoms with Crippen LogP contribution in [-0.4, -0.2) is 42.3 Å². The Balaban J connectivity index is 2.01. The first-order chi connectivity index (χ1) is 12.0. The van der Waals surface area contributed by atoms with Crippen molar-refractivity contribution in [3.63, 3.8) is 0 Å². The predicted octanol–water partition coefficient (Wildman–Crippen LogP) is 3.03. The van der Waals surface area contributed by atoms with E-state index >= 15 is 0 Å². The Bertz CT molecular complexity index is 781. The Morgan fingerprint density at radius 1 is 1.28 bits per heavy atom. The maximum Gasteiger partial charge on any atom is 0.360 e. The molecule has 0 fully saturated rings. The molecule has 1 aromatic heterocycles. The number of rotatable bonds is 7. The zero-order valence-corrected chi connectivity index (χ0v) is 14.9. The minimum absolute atomic E-state index is 0.0535. The number of hydrogen-bond acceptors (Lipinski definition) is 6. The average molecular weight is 364 g/mol. The van der Waals surface area contributed by atoms with Crippen LogP contribution in [0.25, 0.3) is 5.69 Å². The van der Waals surface area contributed by atoms with E-state index in [9.17, 15) is 4.79 Å². The largest absolute Gasteiger partial charge is 0.472 e. The van der Waals surface area contributed by atoms with Gasteiger partial charge in [0.25, 0.3) is 0 Å². The van der Waals surface area contributed by atoms with Crippen molar-refractivity contribution in [2.75, 3.05) is 20.8 Å². The number of oxime groups is 1. The Morgan fingerprint density at radius 3 is 2.64 bits per heavy atom. The van der Waals surface area contributed by atoms with Gasteiger partial charge in [-0.3, -0.25) is 0 Å². The highest BCUT2D eigenvalue weighted by molar-refractivity contribution is 6.41. The van der Waals surface area contributed by atoms with Crippen LogP contribution < -0.4 is 4.74 Å². The lowest BCUT2D eigenvalue weighted by molar-refractivity contribution is -0.132. The van der Waals surface area contributed by atoms with E-state index in [0.29, 0.717) is 10.9 Å². The van der Waals surface area contributed by atoms with Crippen LogP contribution in [0.15, 0.2) is 53.3 Å². The maximum atomic E-state index is 11.6. The summed E-state index contributed by atoms with van der Waals surface area (Å²) >= 11 is 5.87. The number of benzene rings is 1. The molecule has 1 aromatic carbocycles. The smallest absolute Gasteiger partial charge is 0.360 e. The molecule has 0 aliphatic carbocycles. The number of methoxy groups -OCH3 is 1. The number of ether oxygens (including phenoxy) is 2. The first-order valence-electron chi connectivity index (χ1n) is 7.34. The van der Waals surface area contributed by atoms with Gasteiger partial charge in [-0.05, 0) is 42.8 Å². The van der Waals surface area contributed by atoms with Gasteiger partial charge in [-0.2, -0.15) is 0 Å². The zero-order valence-electron chi connectivity index (χ0n) is 14.1. The Labute approximate surface area is 150 Å². The second-order valence-corrected chi connectivity index (χ2v) is 5.44. The molecule has 2 rings (SSSR count). The van der Waals surface area contributed by atoms with Crippen LogP contribution in [0, 0.1) is 0 Å². The van der Waals surface area contributed by atoms with Crippen LogP contribution in [0.4, 0.5) is 0 Å². The summed E-state index contributed by atoms with van der Waals surface area (Å²) in [6.07, 6.45) is 3.31. The number of nitrogens with zero attached hydrogens (tertiary/aromatic N) is 3. The van der Waals surface area contributed by atoms with Crippen molar-refractivity contribution < 1.29 is 19.1 Å². The number of hydrogen-bond donors (Lipinski definition) is 0. The first-order valence-corrected chi connectivity index (χ1v) is 7.72. The van der Waals surface area contributed by atoms with Gasteiger partial charge in [-0.25, -0.2) is 9.48 Å². The topological polar surface area (TPSA) is 74.9 Å². The standard InChI is InChI=1S/C17H18ClN3O4/c1-12(10-15(20-24-3)17(22)23-2)11-25-16-8-9-21(19-16)14-6-4-13(18)5-7-14/h4-10H,11H2,1-3H3. The Hall–Kier alpha value is -2.80. The van der Waals surface area contributed by atoms with Crippen molar-refractivity contribution in [2.24, 2.45) is 5.16 Å². The summed E-state index contributed by atoms with van der Waals surface area (Å²) in [7, 11) is 2.63. The van der Waals surface area contributed by atoms with E-state index in [1.807, 2.05) is 12.1 Å². The molecular formula is C17H18ClN3O4. The lowest BCUT2D eigenvalue weighted by Crippen LogP contribution is -2.15. The summed E-state index contributed by atoms with van der Waals surface area (Å²) in [5.74, 6) is -0.140. The molecule has 0 aliphatic rings. The number of aromatic nitrogens is 2. The van der Waals surface area contributed by atoms with Gasteiger partial charge in [-0.15, -0.1) is 5.10 Å². The van der Waals surface area contributed by atoms with Crippen LogP contribution in [0.5, 0.6) is 5.88 Å². The lowest BCUT2D eigenvalue weighted by atomic mass is 10.2. The van der Waals surface area contributed by atoms with Crippen molar-refractivity contribution in [1.29, 1.82) is 0 Å². The van der Waals surface area contributed by atoms with Crippen LogP contribution in [0.3, 0.4) is 0 Å². The molecule has 8 heteroatoms. The highest BCUT2D eigenvalue weighted by Gasteiger charge is 2.10. The van der Waals surface area contributed by atoms with Crippen LogP contribution in [0.2, 0.25) is 5.02 Å². The molecule has 2 aromatic rings. The highest BCUT2D eigenvalue weighted by atomic mass is 35.5. The SMILES string of the molecule is CON=C(C=C(C)COc1ccn(-c2ccc(Cl)cc2)n1)C(=O)OC. The molecule has 25 heavy (non-hydrogen) atoms. The number of carbonyl (C=O) groups is 1. The van der Waals surface area contributed by atoms with Crippen molar-refractivity contribution in [2.45, 2.75) is 6.92 Å². The van der Waals surface area contributed by atoms with E-state index in [0.717, 1.165) is 11.3 Å². The molecule has 1 heterocycles. The number of halogens is 1. The monoisotopic (exact) mass is 363 g/mol. The molecule has 0 atom stereocenters. The number of esters is 1. The molecule has 132 valence electrons. The zero-order chi connectivity index (χ0) is 18.2. The van der Waals surface area contributed by atoms with Crippen LogP contribution in [0.1, 0.15) is 6.92 Å². The summed E-state index contributed by atoms with van der Waals surface area (Å²) in [5, 5.41) is 8.61. The van der Waals surface area contributed by atoms with Crippen molar-refractivity contribution >= 4 is 23.3 Å². The third-order valence-corrected chi connectivity index (χ3v) is 3.32. The highest BCUT2D eigenvalue weighted by Crippen LogP contribution is 2.15. The van der Waals surface area contributed by atoms with E-state index in [4.69, 9.17) is 16.3 Å². The van der Waals surface area contributed by atoms with Gasteiger partial charge in [0, 0.05) is 17.3 Å². The molecule has 0 bridgehead atoms. The molecule has 0 N–H and O–H groups in total. The molecule has 7 nitrogen and oxygen atoms in total. The van der Waals surface area contributed by atoms with Gasteiger partial charge in [0.1, 0.15) is 13.7 Å². The van der Waals surface area contributed by atoms with Crippen LogP contribution in [-0.2, 0) is 14.4 Å². The quantitative estimate of drug-likeness (QED) is 0.429. The van der Waals surface area contributed by atoms with E-state index in [-0.39, 0.29) is 12.3 Å². The second-order valence-electron chi connectivity index (χ2n) is 5.01. The molecule has 0 amide bonds. The molecule has 0 unspecified atom stereocenters. The molecular weight excluding hydrogens is 346 g/mol. The number of carbonyl (C=O) groups excluding carboxylic acids is 1. The summed E-state index contributed by atoms with van der Waals surface area (Å²) in [4.78, 5) is 16.2. The van der Waals surface area contributed by atoms with Gasteiger partial charge < -0.3 is 14.3 Å². The summed E-state index contributed by atoms with van der Waals surface area (Å²) < 4.78 is 11.9. The van der Waals surface area contributed by atoms with Gasteiger partial charge in [0.15, 0.2) is 5.71 Å². The maximum absolute atomic E-state index is 11.6. The first kappa shape index (κ1) is 18.5. The van der Waals surface area contributed by atoms with Crippen molar-refractivity contribution in [3.8, 4) is 11.6 Å². The lowest BCUT2D eigenvalue weighted by Gasteiger charge is -2.05. The van der Waals surface area contributed by atoms with E-state index in [1.54, 1.807) is 36.0 Å². The fraction of sp³-hybridized carbons (Fsp3) is 0.235. The van der Waals surface area contributed by atoms with Gasteiger partial charge in [0.05, 0.1) is 12.8 Å². The summed E-state index contributed by atoms with van der Waals surface area (Å²) in [6, 6.07) is 9.03. The second kappa shape index (κ2) is 8.89. The minimum atomic E-state index is -0.590.